The number of aliphatic hydroxyl groups is 1. The second-order valence-electron chi connectivity index (χ2n) is 9.01. The van der Waals surface area contributed by atoms with Crippen molar-refractivity contribution in [2.45, 2.75) is 45.8 Å². The Morgan fingerprint density at radius 1 is 1.00 bits per heavy atom. The van der Waals surface area contributed by atoms with Crippen LogP contribution >= 0.6 is 0 Å². The summed E-state index contributed by atoms with van der Waals surface area (Å²) in [5, 5.41) is 17.3. The molecular weight excluding hydrogens is 448 g/mol. The lowest BCUT2D eigenvalue weighted by atomic mass is 9.98. The number of nitrogens with two attached hydrogens (primary N) is 1. The van der Waals surface area contributed by atoms with E-state index in [1.165, 1.54) is 0 Å². The number of hydrogen-bond acceptors (Lipinski definition) is 4. The third kappa shape index (κ3) is 5.78. The van der Waals surface area contributed by atoms with E-state index in [0.29, 0.717) is 24.1 Å². The molecule has 0 aliphatic rings. The SMILES string of the molecule is CCCCc1ncc(Cc2cccc(CO)c2)c(=O)n1Cc1ccc(-c2ccccc2C(=N)N)cc1. The van der Waals surface area contributed by atoms with Gasteiger partial charge in [-0.1, -0.05) is 86.1 Å². The predicted octanol–water partition coefficient (Wildman–Crippen LogP) is 4.67. The first-order valence-corrected chi connectivity index (χ1v) is 12.3. The molecule has 4 N–H and O–H groups in total. The number of nitrogens with one attached hydrogen (secondary N) is 1. The van der Waals surface area contributed by atoms with Crippen molar-refractivity contribution in [3.05, 3.63) is 123 Å². The van der Waals surface area contributed by atoms with Gasteiger partial charge < -0.3 is 10.8 Å². The first-order valence-electron chi connectivity index (χ1n) is 12.3. The van der Waals surface area contributed by atoms with E-state index in [1.54, 1.807) is 10.8 Å². The van der Waals surface area contributed by atoms with Gasteiger partial charge in [-0.25, -0.2) is 4.98 Å². The topological polar surface area (TPSA) is 105 Å². The first-order chi connectivity index (χ1) is 17.5. The predicted molar refractivity (Wildman–Crippen MR) is 144 cm³/mol. The molecule has 1 aromatic heterocycles. The molecule has 0 aliphatic carbocycles. The number of nitrogens with zero attached hydrogens (tertiary/aromatic N) is 2. The highest BCUT2D eigenvalue weighted by Crippen LogP contribution is 2.24. The van der Waals surface area contributed by atoms with Crippen molar-refractivity contribution in [3.8, 4) is 11.1 Å². The van der Waals surface area contributed by atoms with E-state index in [-0.39, 0.29) is 18.0 Å². The third-order valence-electron chi connectivity index (χ3n) is 6.35. The normalized spacial score (nSPS) is 10.9. The van der Waals surface area contributed by atoms with Crippen LogP contribution in [0.2, 0.25) is 0 Å². The molecule has 0 atom stereocenters. The van der Waals surface area contributed by atoms with Gasteiger partial charge >= 0.3 is 0 Å². The van der Waals surface area contributed by atoms with E-state index >= 15 is 0 Å². The van der Waals surface area contributed by atoms with Crippen molar-refractivity contribution < 1.29 is 5.11 Å². The third-order valence-corrected chi connectivity index (χ3v) is 6.35. The number of benzene rings is 3. The minimum Gasteiger partial charge on any atom is -0.392 e. The van der Waals surface area contributed by atoms with Gasteiger partial charge in [-0.3, -0.25) is 14.8 Å². The summed E-state index contributed by atoms with van der Waals surface area (Å²) in [6, 6.07) is 23.3. The first kappa shape index (κ1) is 25.1. The molecule has 0 saturated carbocycles. The fourth-order valence-electron chi connectivity index (χ4n) is 4.39. The molecule has 4 aromatic rings. The van der Waals surface area contributed by atoms with Crippen LogP contribution in [0.15, 0.2) is 83.8 Å². The lowest BCUT2D eigenvalue weighted by molar-refractivity contribution is 0.281. The maximum absolute atomic E-state index is 13.6. The smallest absolute Gasteiger partial charge is 0.257 e. The maximum atomic E-state index is 13.6. The van der Waals surface area contributed by atoms with Crippen molar-refractivity contribution in [3.63, 3.8) is 0 Å². The van der Waals surface area contributed by atoms with Gasteiger partial charge in [0.25, 0.3) is 5.56 Å². The molecule has 3 aromatic carbocycles. The second kappa shape index (κ2) is 11.6. The number of aryl methyl sites for hydroxylation is 1. The number of amidine groups is 1. The standard InChI is InChI=1S/C30H32N4O2/c1-2-3-11-28-33-18-25(17-22-7-6-8-23(16-22)20-35)30(36)34(28)19-21-12-14-24(15-13-21)26-9-4-5-10-27(26)29(31)32/h4-10,12-16,18,35H,2-3,11,17,19-20H2,1H3,(H3,31,32). The monoisotopic (exact) mass is 480 g/mol. The summed E-state index contributed by atoms with van der Waals surface area (Å²) in [5.74, 6) is 0.829. The summed E-state index contributed by atoms with van der Waals surface area (Å²) in [6.07, 6.45) is 4.91. The number of aromatic nitrogens is 2. The molecule has 4 rings (SSSR count). The highest BCUT2D eigenvalue weighted by Gasteiger charge is 2.13. The van der Waals surface area contributed by atoms with E-state index in [1.807, 2.05) is 72.8 Å². The zero-order valence-corrected chi connectivity index (χ0v) is 20.6. The summed E-state index contributed by atoms with van der Waals surface area (Å²) in [4.78, 5) is 18.2. The zero-order valence-electron chi connectivity index (χ0n) is 20.6. The average Bonchev–Trinajstić information content (AvgIpc) is 2.91. The fourth-order valence-corrected chi connectivity index (χ4v) is 4.39. The molecule has 0 spiro atoms. The van der Waals surface area contributed by atoms with Crippen LogP contribution in [0.5, 0.6) is 0 Å². The van der Waals surface area contributed by atoms with Gasteiger partial charge in [0.15, 0.2) is 0 Å². The molecule has 0 bridgehead atoms. The van der Waals surface area contributed by atoms with E-state index in [0.717, 1.165) is 52.9 Å². The molecule has 0 unspecified atom stereocenters. The van der Waals surface area contributed by atoms with Crippen LogP contribution in [0.1, 0.15) is 53.4 Å². The van der Waals surface area contributed by atoms with Gasteiger partial charge in [-0.2, -0.15) is 0 Å². The van der Waals surface area contributed by atoms with E-state index in [2.05, 4.69) is 11.9 Å². The maximum Gasteiger partial charge on any atom is 0.257 e. The Labute approximate surface area is 211 Å². The molecule has 0 fully saturated rings. The van der Waals surface area contributed by atoms with Gasteiger partial charge in [0.05, 0.1) is 13.2 Å². The number of unbranched alkanes of at least 4 members (excludes halogenated alkanes) is 1. The van der Waals surface area contributed by atoms with Gasteiger partial charge in [0, 0.05) is 30.2 Å². The summed E-state index contributed by atoms with van der Waals surface area (Å²) >= 11 is 0. The van der Waals surface area contributed by atoms with Gasteiger partial charge in [-0.15, -0.1) is 0 Å². The van der Waals surface area contributed by atoms with E-state index < -0.39 is 0 Å². The lowest BCUT2D eigenvalue weighted by Gasteiger charge is -2.15. The minimum absolute atomic E-state index is 0.0286. The van der Waals surface area contributed by atoms with Crippen LogP contribution in [-0.2, 0) is 26.0 Å². The molecule has 36 heavy (non-hydrogen) atoms. The summed E-state index contributed by atoms with van der Waals surface area (Å²) in [7, 11) is 0. The summed E-state index contributed by atoms with van der Waals surface area (Å²) in [6.45, 7) is 2.53. The molecule has 6 nitrogen and oxygen atoms in total. The Bertz CT molecular complexity index is 1410. The number of rotatable bonds is 10. The lowest BCUT2D eigenvalue weighted by Crippen LogP contribution is -2.28. The van der Waals surface area contributed by atoms with Gasteiger partial charge in [0.2, 0.25) is 0 Å². The molecule has 6 heteroatoms. The van der Waals surface area contributed by atoms with Crippen LogP contribution in [0.3, 0.4) is 0 Å². The van der Waals surface area contributed by atoms with Crippen LogP contribution < -0.4 is 11.3 Å². The quantitative estimate of drug-likeness (QED) is 0.227. The average molecular weight is 481 g/mol. The molecule has 1 heterocycles. The van der Waals surface area contributed by atoms with Crippen molar-refractivity contribution in [2.75, 3.05) is 0 Å². The summed E-state index contributed by atoms with van der Waals surface area (Å²) in [5.41, 5.74) is 11.8. The van der Waals surface area contributed by atoms with Crippen LogP contribution in [-0.4, -0.2) is 20.5 Å². The summed E-state index contributed by atoms with van der Waals surface area (Å²) < 4.78 is 1.79. The second-order valence-corrected chi connectivity index (χ2v) is 9.01. The number of aliphatic hydroxyl groups excluding tert-OH is 1. The fraction of sp³-hybridized carbons (Fsp3) is 0.233. The molecule has 0 amide bonds. The molecule has 184 valence electrons. The van der Waals surface area contributed by atoms with Crippen molar-refractivity contribution in [2.24, 2.45) is 5.73 Å². The Morgan fingerprint density at radius 3 is 2.47 bits per heavy atom. The number of nitrogen functional groups attached to an aromatic ring is 1. The van der Waals surface area contributed by atoms with Crippen molar-refractivity contribution in [1.29, 1.82) is 5.41 Å². The Morgan fingerprint density at radius 2 is 1.75 bits per heavy atom. The van der Waals surface area contributed by atoms with Gasteiger partial charge in [0.1, 0.15) is 11.7 Å². The highest BCUT2D eigenvalue weighted by molar-refractivity contribution is 6.01. The van der Waals surface area contributed by atoms with Crippen LogP contribution in [0, 0.1) is 5.41 Å². The van der Waals surface area contributed by atoms with E-state index in [4.69, 9.17) is 11.1 Å². The van der Waals surface area contributed by atoms with Crippen LogP contribution in [0.25, 0.3) is 11.1 Å². The Balaban J connectivity index is 1.65. The minimum atomic E-state index is -0.0310. The highest BCUT2D eigenvalue weighted by atomic mass is 16.3. The Kier molecular flexibility index (Phi) is 8.08. The number of hydrogen-bond donors (Lipinski definition) is 3. The van der Waals surface area contributed by atoms with Crippen LogP contribution in [0.4, 0.5) is 0 Å². The molecule has 0 aliphatic heterocycles. The Hall–Kier alpha value is -4.03. The van der Waals surface area contributed by atoms with Gasteiger partial charge in [-0.05, 0) is 34.2 Å². The molecular formula is C30H32N4O2. The molecule has 0 radical (unpaired) electrons. The molecule has 0 saturated heterocycles. The zero-order chi connectivity index (χ0) is 25.5. The van der Waals surface area contributed by atoms with E-state index in [9.17, 15) is 9.90 Å². The van der Waals surface area contributed by atoms with Crippen molar-refractivity contribution >= 4 is 5.84 Å². The largest absolute Gasteiger partial charge is 0.392 e. The van der Waals surface area contributed by atoms with Crippen molar-refractivity contribution in [1.82, 2.24) is 9.55 Å².